The van der Waals surface area contributed by atoms with Crippen molar-refractivity contribution >= 4 is 11.5 Å². The number of aromatic nitrogens is 3. The van der Waals surface area contributed by atoms with Crippen LogP contribution in [-0.2, 0) is 12.6 Å². The summed E-state index contributed by atoms with van der Waals surface area (Å²) in [5.41, 5.74) is 4.72. The summed E-state index contributed by atoms with van der Waals surface area (Å²) in [5, 5.41) is 0.706. The molecule has 0 aliphatic rings. The van der Waals surface area contributed by atoms with Crippen LogP contribution in [0.5, 0.6) is 0 Å². The second kappa shape index (κ2) is 4.99. The molecule has 18 heavy (non-hydrogen) atoms. The second-order valence-corrected chi connectivity index (χ2v) is 4.31. The van der Waals surface area contributed by atoms with Crippen LogP contribution in [0.25, 0.3) is 11.4 Å². The van der Waals surface area contributed by atoms with Gasteiger partial charge in [0, 0.05) is 18.2 Å². The van der Waals surface area contributed by atoms with Gasteiger partial charge in [0.05, 0.1) is 0 Å². The van der Waals surface area contributed by atoms with E-state index >= 15 is 0 Å². The molecule has 8 heteroatoms. The van der Waals surface area contributed by atoms with Gasteiger partial charge < -0.3 is 5.73 Å². The first-order chi connectivity index (χ1) is 8.50. The van der Waals surface area contributed by atoms with Gasteiger partial charge in [0.1, 0.15) is 10.7 Å². The molecule has 2 N–H and O–H groups in total. The molecule has 0 aliphatic heterocycles. The highest BCUT2D eigenvalue weighted by Crippen LogP contribution is 2.29. The Labute approximate surface area is 105 Å². The maximum Gasteiger partial charge on any atom is 0.433 e. The highest BCUT2D eigenvalue weighted by molar-refractivity contribution is 7.05. The fourth-order valence-corrected chi connectivity index (χ4v) is 2.00. The van der Waals surface area contributed by atoms with Gasteiger partial charge >= 0.3 is 6.18 Å². The fraction of sp³-hybridized carbons (Fsp3) is 0.300. The first kappa shape index (κ1) is 12.9. The summed E-state index contributed by atoms with van der Waals surface area (Å²) in [6.45, 7) is 0.429. The number of alkyl halides is 3. The minimum Gasteiger partial charge on any atom is -0.330 e. The second-order valence-electron chi connectivity index (χ2n) is 3.48. The summed E-state index contributed by atoms with van der Waals surface area (Å²) < 4.78 is 41.5. The third kappa shape index (κ3) is 2.82. The molecule has 0 fully saturated rings. The lowest BCUT2D eigenvalue weighted by Crippen LogP contribution is -2.07. The number of hydrogen-bond donors (Lipinski definition) is 1. The molecule has 2 heterocycles. The van der Waals surface area contributed by atoms with Gasteiger partial charge in [-0.05, 0) is 30.2 Å². The molecule has 0 amide bonds. The number of nitrogens with zero attached hydrogens (tertiary/aromatic N) is 3. The average Bonchev–Trinajstić information content (AvgIpc) is 2.77. The van der Waals surface area contributed by atoms with Crippen LogP contribution in [0.4, 0.5) is 13.2 Å². The summed E-state index contributed by atoms with van der Waals surface area (Å²) >= 11 is 1.14. The molecule has 0 aromatic carbocycles. The monoisotopic (exact) mass is 274 g/mol. The molecule has 0 aliphatic carbocycles. The number of pyridine rings is 1. The Bertz CT molecular complexity index is 538. The minimum atomic E-state index is -4.47. The van der Waals surface area contributed by atoms with Crippen LogP contribution >= 0.6 is 11.5 Å². The van der Waals surface area contributed by atoms with Gasteiger partial charge in [0.2, 0.25) is 0 Å². The average molecular weight is 274 g/mol. The lowest BCUT2D eigenvalue weighted by atomic mass is 10.2. The third-order valence-electron chi connectivity index (χ3n) is 2.13. The first-order valence-corrected chi connectivity index (χ1v) is 5.84. The molecule has 0 saturated carbocycles. The molecule has 0 bridgehead atoms. The molecule has 2 aromatic rings. The van der Waals surface area contributed by atoms with Crippen LogP contribution in [0.2, 0.25) is 0 Å². The van der Waals surface area contributed by atoms with Gasteiger partial charge in [-0.1, -0.05) is 0 Å². The van der Waals surface area contributed by atoms with Crippen molar-refractivity contribution in [1.82, 2.24) is 14.3 Å². The van der Waals surface area contributed by atoms with Crippen LogP contribution in [-0.4, -0.2) is 20.9 Å². The molecule has 0 radical (unpaired) electrons. The molecule has 0 atom stereocenters. The molecule has 2 rings (SSSR count). The van der Waals surface area contributed by atoms with Crippen molar-refractivity contribution in [2.75, 3.05) is 6.54 Å². The quantitative estimate of drug-likeness (QED) is 0.931. The van der Waals surface area contributed by atoms with E-state index in [9.17, 15) is 13.2 Å². The molecule has 0 saturated heterocycles. The highest BCUT2D eigenvalue weighted by atomic mass is 32.1. The number of halogens is 3. The summed E-state index contributed by atoms with van der Waals surface area (Å²) in [7, 11) is 0. The van der Waals surface area contributed by atoms with Gasteiger partial charge in [-0.25, -0.2) is 4.98 Å². The van der Waals surface area contributed by atoms with Crippen molar-refractivity contribution in [3.63, 3.8) is 0 Å². The zero-order chi connectivity index (χ0) is 13.2. The number of rotatable bonds is 3. The molecular weight excluding hydrogens is 265 g/mol. The van der Waals surface area contributed by atoms with E-state index in [0.717, 1.165) is 23.8 Å². The zero-order valence-corrected chi connectivity index (χ0v) is 9.92. The number of nitrogens with two attached hydrogens (primary N) is 1. The molecule has 0 spiro atoms. The third-order valence-corrected chi connectivity index (χ3v) is 2.91. The van der Waals surface area contributed by atoms with Gasteiger partial charge in [-0.2, -0.15) is 17.5 Å². The summed E-state index contributed by atoms with van der Waals surface area (Å²) in [6, 6.07) is 2.39. The van der Waals surface area contributed by atoms with E-state index in [0.29, 0.717) is 23.5 Å². The van der Waals surface area contributed by atoms with Gasteiger partial charge in [-0.3, -0.25) is 4.98 Å². The first-order valence-electron chi connectivity index (χ1n) is 5.07. The van der Waals surface area contributed by atoms with Crippen LogP contribution in [0.15, 0.2) is 18.3 Å². The summed E-state index contributed by atoms with van der Waals surface area (Å²) in [4.78, 5) is 7.41. The smallest absolute Gasteiger partial charge is 0.330 e. The SMILES string of the molecule is NCCc1nc(-c2ccnc(C(F)(F)F)c2)ns1. The largest absolute Gasteiger partial charge is 0.433 e. The molecule has 0 unspecified atom stereocenters. The lowest BCUT2D eigenvalue weighted by Gasteiger charge is -2.05. The van der Waals surface area contributed by atoms with E-state index in [4.69, 9.17) is 5.73 Å². The zero-order valence-electron chi connectivity index (χ0n) is 9.11. The Morgan fingerprint density at radius 2 is 2.11 bits per heavy atom. The van der Waals surface area contributed by atoms with Crippen molar-refractivity contribution < 1.29 is 13.2 Å². The van der Waals surface area contributed by atoms with Crippen LogP contribution in [0.3, 0.4) is 0 Å². The van der Waals surface area contributed by atoms with E-state index in [1.165, 1.54) is 6.07 Å². The Hall–Kier alpha value is -1.54. The maximum absolute atomic E-state index is 12.5. The van der Waals surface area contributed by atoms with E-state index in [-0.39, 0.29) is 5.82 Å². The molecule has 2 aromatic heterocycles. The van der Waals surface area contributed by atoms with E-state index in [2.05, 4.69) is 14.3 Å². The van der Waals surface area contributed by atoms with E-state index in [1.807, 2.05) is 0 Å². The van der Waals surface area contributed by atoms with Gasteiger partial charge in [-0.15, -0.1) is 0 Å². The van der Waals surface area contributed by atoms with Crippen LogP contribution in [0, 0.1) is 0 Å². The summed E-state index contributed by atoms with van der Waals surface area (Å²) in [5.74, 6) is 0.274. The van der Waals surface area contributed by atoms with E-state index < -0.39 is 11.9 Å². The maximum atomic E-state index is 12.5. The Morgan fingerprint density at radius 1 is 1.33 bits per heavy atom. The van der Waals surface area contributed by atoms with E-state index in [1.54, 1.807) is 0 Å². The summed E-state index contributed by atoms with van der Waals surface area (Å²) in [6.07, 6.45) is -2.80. The van der Waals surface area contributed by atoms with Crippen molar-refractivity contribution in [2.45, 2.75) is 12.6 Å². The van der Waals surface area contributed by atoms with Crippen LogP contribution in [0.1, 0.15) is 10.7 Å². The standard InChI is InChI=1S/C10H9F3N4S/c11-10(12,13)7-5-6(2-4-15-7)9-16-8(1-3-14)18-17-9/h2,4-5H,1,3,14H2. The Kier molecular flexibility index (Phi) is 3.58. The van der Waals surface area contributed by atoms with Crippen molar-refractivity contribution in [3.8, 4) is 11.4 Å². The normalized spacial score (nSPS) is 11.8. The predicted molar refractivity (Wildman–Crippen MR) is 60.9 cm³/mol. The molecular formula is C10H9F3N4S. The van der Waals surface area contributed by atoms with Crippen LogP contribution < -0.4 is 5.73 Å². The van der Waals surface area contributed by atoms with Gasteiger partial charge in [0.15, 0.2) is 5.82 Å². The van der Waals surface area contributed by atoms with Crippen molar-refractivity contribution in [2.24, 2.45) is 5.73 Å². The lowest BCUT2D eigenvalue weighted by molar-refractivity contribution is -0.141. The molecule has 96 valence electrons. The highest BCUT2D eigenvalue weighted by Gasteiger charge is 2.32. The minimum absolute atomic E-state index is 0.274. The fourth-order valence-electron chi connectivity index (χ4n) is 1.32. The van der Waals surface area contributed by atoms with Crippen molar-refractivity contribution in [1.29, 1.82) is 0 Å². The Balaban J connectivity index is 2.32. The predicted octanol–water partition coefficient (Wildman–Crippen LogP) is 2.12. The number of hydrogen-bond acceptors (Lipinski definition) is 5. The van der Waals surface area contributed by atoms with Crippen molar-refractivity contribution in [3.05, 3.63) is 29.0 Å². The van der Waals surface area contributed by atoms with Gasteiger partial charge in [0.25, 0.3) is 0 Å². The topological polar surface area (TPSA) is 64.7 Å². The molecule has 4 nitrogen and oxygen atoms in total. The Morgan fingerprint density at radius 3 is 2.78 bits per heavy atom.